The molecule has 0 aliphatic rings. The van der Waals surface area contributed by atoms with Crippen LogP contribution in [0.3, 0.4) is 0 Å². The van der Waals surface area contributed by atoms with Crippen LogP contribution in [-0.2, 0) is 6.42 Å². The molecule has 0 amide bonds. The van der Waals surface area contributed by atoms with Gasteiger partial charge in [-0.15, -0.1) is 0 Å². The fourth-order valence-electron chi connectivity index (χ4n) is 2.06. The Kier molecular flexibility index (Phi) is 4.96. The third kappa shape index (κ3) is 3.71. The van der Waals surface area contributed by atoms with Crippen molar-refractivity contribution in [2.75, 3.05) is 0 Å². The lowest BCUT2D eigenvalue weighted by Gasteiger charge is -2.00. The van der Waals surface area contributed by atoms with Crippen molar-refractivity contribution in [3.8, 4) is 11.8 Å². The first-order valence-electron chi connectivity index (χ1n) is 7.07. The van der Waals surface area contributed by atoms with Crippen molar-refractivity contribution in [1.29, 1.82) is 0 Å². The number of hydrogen-bond acceptors (Lipinski definition) is 0. The zero-order valence-electron chi connectivity index (χ0n) is 12.0. The second-order valence-corrected chi connectivity index (χ2v) is 4.98. The Balaban J connectivity index is 2.17. The number of rotatable bonds is 3. The minimum Gasteiger partial charge on any atom is -0.206 e. The Morgan fingerprint density at radius 2 is 1.75 bits per heavy atom. The van der Waals surface area contributed by atoms with E-state index < -0.39 is 0 Å². The molecule has 1 heteroatoms. The summed E-state index contributed by atoms with van der Waals surface area (Å²) in [6.45, 7) is 4.07. The van der Waals surface area contributed by atoms with E-state index in [-0.39, 0.29) is 5.82 Å². The summed E-state index contributed by atoms with van der Waals surface area (Å²) in [4.78, 5) is 0. The molecule has 0 radical (unpaired) electrons. The predicted octanol–water partition coefficient (Wildman–Crippen LogP) is 4.88. The molecule has 0 aromatic heterocycles. The van der Waals surface area contributed by atoms with E-state index >= 15 is 0 Å². The molecule has 2 aromatic rings. The summed E-state index contributed by atoms with van der Waals surface area (Å²) in [6.07, 6.45) is 3.52. The van der Waals surface area contributed by atoms with Gasteiger partial charge in [-0.25, -0.2) is 4.39 Å². The first-order valence-corrected chi connectivity index (χ1v) is 7.07. The third-order valence-corrected chi connectivity index (χ3v) is 3.33. The molecule has 102 valence electrons. The average molecular weight is 266 g/mol. The average Bonchev–Trinajstić information content (AvgIpc) is 2.46. The number of hydrogen-bond donors (Lipinski definition) is 0. The lowest BCUT2D eigenvalue weighted by Crippen LogP contribution is -1.88. The molecule has 0 saturated heterocycles. The topological polar surface area (TPSA) is 0 Å². The van der Waals surface area contributed by atoms with Crippen LogP contribution in [0.1, 0.15) is 42.0 Å². The van der Waals surface area contributed by atoms with Crippen LogP contribution in [0.15, 0.2) is 42.5 Å². The van der Waals surface area contributed by atoms with Crippen molar-refractivity contribution < 1.29 is 4.39 Å². The van der Waals surface area contributed by atoms with E-state index in [0.29, 0.717) is 5.56 Å². The summed E-state index contributed by atoms with van der Waals surface area (Å²) >= 11 is 0. The van der Waals surface area contributed by atoms with E-state index in [0.717, 1.165) is 17.5 Å². The summed E-state index contributed by atoms with van der Waals surface area (Å²) < 4.78 is 13.7. The number of halogens is 1. The lowest BCUT2D eigenvalue weighted by atomic mass is 10.1. The smallest absolute Gasteiger partial charge is 0.139 e. The Bertz CT molecular complexity index is 607. The fraction of sp³-hybridized carbons (Fsp3) is 0.263. The normalized spacial score (nSPS) is 9.95. The summed E-state index contributed by atoms with van der Waals surface area (Å²) in [7, 11) is 0. The zero-order chi connectivity index (χ0) is 14.4. The maximum atomic E-state index is 13.7. The van der Waals surface area contributed by atoms with Crippen molar-refractivity contribution >= 4 is 0 Å². The van der Waals surface area contributed by atoms with Crippen LogP contribution in [0.2, 0.25) is 0 Å². The number of aryl methyl sites for hydroxylation is 2. The van der Waals surface area contributed by atoms with Crippen LogP contribution in [0.5, 0.6) is 0 Å². The highest BCUT2D eigenvalue weighted by atomic mass is 19.1. The van der Waals surface area contributed by atoms with Gasteiger partial charge in [-0.3, -0.25) is 0 Å². The summed E-state index contributed by atoms with van der Waals surface area (Å²) in [5.74, 6) is 5.72. The molecule has 0 aliphatic heterocycles. The van der Waals surface area contributed by atoms with Crippen molar-refractivity contribution in [3.63, 3.8) is 0 Å². The molecule has 0 atom stereocenters. The van der Waals surface area contributed by atoms with Gasteiger partial charge < -0.3 is 0 Å². The van der Waals surface area contributed by atoms with Crippen LogP contribution in [0.25, 0.3) is 0 Å². The Morgan fingerprint density at radius 3 is 2.40 bits per heavy atom. The lowest BCUT2D eigenvalue weighted by molar-refractivity contribution is 0.623. The van der Waals surface area contributed by atoms with Gasteiger partial charge >= 0.3 is 0 Å². The molecule has 0 saturated carbocycles. The van der Waals surface area contributed by atoms with Gasteiger partial charge in [-0.2, -0.15) is 0 Å². The maximum Gasteiger partial charge on any atom is 0.139 e. The largest absolute Gasteiger partial charge is 0.206 e. The maximum absolute atomic E-state index is 13.7. The highest BCUT2D eigenvalue weighted by Crippen LogP contribution is 2.12. The minimum absolute atomic E-state index is 0.253. The molecule has 0 nitrogen and oxygen atoms in total. The monoisotopic (exact) mass is 266 g/mol. The molecule has 0 unspecified atom stereocenters. The van der Waals surface area contributed by atoms with E-state index in [9.17, 15) is 4.39 Å². The highest BCUT2D eigenvalue weighted by Gasteiger charge is 2.00. The zero-order valence-corrected chi connectivity index (χ0v) is 12.0. The second kappa shape index (κ2) is 6.91. The van der Waals surface area contributed by atoms with Gasteiger partial charge in [-0.05, 0) is 49.1 Å². The van der Waals surface area contributed by atoms with E-state index in [2.05, 4.69) is 30.9 Å². The molecular weight excluding hydrogens is 247 g/mol. The van der Waals surface area contributed by atoms with Crippen LogP contribution in [0.4, 0.5) is 4.39 Å². The quantitative estimate of drug-likeness (QED) is 0.695. The third-order valence-electron chi connectivity index (χ3n) is 3.33. The Labute approximate surface area is 120 Å². The van der Waals surface area contributed by atoms with Crippen LogP contribution < -0.4 is 0 Å². The van der Waals surface area contributed by atoms with Crippen molar-refractivity contribution in [1.82, 2.24) is 0 Å². The van der Waals surface area contributed by atoms with Crippen LogP contribution in [0, 0.1) is 24.6 Å². The minimum atomic E-state index is -0.253. The molecule has 20 heavy (non-hydrogen) atoms. The van der Waals surface area contributed by atoms with Crippen LogP contribution >= 0.6 is 0 Å². The molecule has 0 N–H and O–H groups in total. The van der Waals surface area contributed by atoms with Gasteiger partial charge in [0.25, 0.3) is 0 Å². The summed E-state index contributed by atoms with van der Waals surface area (Å²) in [6, 6.07) is 13.3. The van der Waals surface area contributed by atoms with Gasteiger partial charge in [0.15, 0.2) is 0 Å². The SMILES string of the molecule is CCCCc1ccc(C#Cc2c(C)cccc2F)cc1. The van der Waals surface area contributed by atoms with Gasteiger partial charge in [-0.1, -0.05) is 49.5 Å². The van der Waals surface area contributed by atoms with Gasteiger partial charge in [0.1, 0.15) is 5.82 Å². The predicted molar refractivity (Wildman–Crippen MR) is 82.2 cm³/mol. The van der Waals surface area contributed by atoms with E-state index in [1.54, 1.807) is 6.07 Å². The molecule has 2 aromatic carbocycles. The molecule has 0 spiro atoms. The van der Waals surface area contributed by atoms with Gasteiger partial charge in [0.05, 0.1) is 5.56 Å². The van der Waals surface area contributed by atoms with Crippen LogP contribution in [-0.4, -0.2) is 0 Å². The highest BCUT2D eigenvalue weighted by molar-refractivity contribution is 5.47. The summed E-state index contributed by atoms with van der Waals surface area (Å²) in [5, 5.41) is 0. The van der Waals surface area contributed by atoms with Crippen molar-refractivity contribution in [2.24, 2.45) is 0 Å². The molecule has 0 aliphatic carbocycles. The first kappa shape index (κ1) is 14.3. The molecular formula is C19H19F. The summed E-state index contributed by atoms with van der Waals surface area (Å²) in [5.41, 5.74) is 3.62. The molecule has 0 bridgehead atoms. The fourth-order valence-corrected chi connectivity index (χ4v) is 2.06. The molecule has 0 heterocycles. The number of unbranched alkanes of at least 4 members (excludes halogenated alkanes) is 1. The van der Waals surface area contributed by atoms with Crippen molar-refractivity contribution in [3.05, 3.63) is 70.5 Å². The van der Waals surface area contributed by atoms with E-state index in [1.165, 1.54) is 24.5 Å². The van der Waals surface area contributed by atoms with Gasteiger partial charge in [0, 0.05) is 5.56 Å². The Hall–Kier alpha value is -2.07. The first-order chi connectivity index (χ1) is 9.70. The standard InChI is InChI=1S/C19H19F/c1-3-4-7-16-9-11-17(12-10-16)13-14-18-15(2)6-5-8-19(18)20/h5-6,8-12H,3-4,7H2,1-2H3. The molecule has 2 rings (SSSR count). The second-order valence-electron chi connectivity index (χ2n) is 4.98. The van der Waals surface area contributed by atoms with E-state index in [1.807, 2.05) is 25.1 Å². The Morgan fingerprint density at radius 1 is 1.00 bits per heavy atom. The van der Waals surface area contributed by atoms with Gasteiger partial charge in [0.2, 0.25) is 0 Å². The van der Waals surface area contributed by atoms with E-state index in [4.69, 9.17) is 0 Å². The van der Waals surface area contributed by atoms with Crippen molar-refractivity contribution in [2.45, 2.75) is 33.1 Å². The molecule has 0 fully saturated rings. The number of benzene rings is 2.